The molecule has 0 spiro atoms. The molecule has 1 aliphatic rings. The van der Waals surface area contributed by atoms with Gasteiger partial charge in [-0.05, 0) is 30.9 Å². The first kappa shape index (κ1) is 15.1. The smallest absolute Gasteiger partial charge is 0.0488 e. The standard InChI is InChI=1S/C21H27N/c1-4-6-7-10-14-21(3)15-13-18-17-11-8-9-12-19(17)22(16-5-2)20(18)21/h5,8-12,14H,2,4,6-7,13,15-16H2,1,3H3/b14-10+. The summed E-state index contributed by atoms with van der Waals surface area (Å²) in [4.78, 5) is 0. The van der Waals surface area contributed by atoms with E-state index in [1.807, 2.05) is 6.08 Å². The van der Waals surface area contributed by atoms with Crippen molar-refractivity contribution in [1.82, 2.24) is 4.57 Å². The van der Waals surface area contributed by atoms with E-state index in [0.717, 1.165) is 6.54 Å². The summed E-state index contributed by atoms with van der Waals surface area (Å²) in [5.41, 5.74) is 4.60. The Hall–Kier alpha value is -1.76. The molecule has 3 rings (SSSR count). The predicted octanol–water partition coefficient (Wildman–Crippen LogP) is 5.78. The Morgan fingerprint density at radius 3 is 2.91 bits per heavy atom. The van der Waals surface area contributed by atoms with Crippen molar-refractivity contribution in [1.29, 1.82) is 0 Å². The predicted molar refractivity (Wildman–Crippen MR) is 96.5 cm³/mol. The molecule has 116 valence electrons. The quantitative estimate of drug-likeness (QED) is 0.470. The van der Waals surface area contributed by atoms with Gasteiger partial charge in [0.25, 0.3) is 0 Å². The molecule has 0 saturated carbocycles. The molecule has 0 radical (unpaired) electrons. The molecule has 2 aromatic rings. The maximum Gasteiger partial charge on any atom is 0.0488 e. The van der Waals surface area contributed by atoms with E-state index in [-0.39, 0.29) is 5.41 Å². The van der Waals surface area contributed by atoms with Gasteiger partial charge < -0.3 is 4.57 Å². The zero-order chi connectivity index (χ0) is 15.6. The zero-order valence-corrected chi connectivity index (χ0v) is 13.9. The lowest BCUT2D eigenvalue weighted by Gasteiger charge is -2.23. The lowest BCUT2D eigenvalue weighted by molar-refractivity contribution is 0.545. The number of hydrogen-bond acceptors (Lipinski definition) is 0. The van der Waals surface area contributed by atoms with Gasteiger partial charge >= 0.3 is 0 Å². The average Bonchev–Trinajstić information content (AvgIpc) is 3.03. The molecule has 0 aliphatic heterocycles. The molecular weight excluding hydrogens is 266 g/mol. The molecule has 1 aliphatic carbocycles. The average molecular weight is 293 g/mol. The SMILES string of the molecule is C=CCn1c2c(c3ccccc31)CCC2(C)/C=C/CCCC. The second-order valence-electron chi connectivity index (χ2n) is 6.71. The second kappa shape index (κ2) is 6.16. The summed E-state index contributed by atoms with van der Waals surface area (Å²) in [6.45, 7) is 9.52. The van der Waals surface area contributed by atoms with Gasteiger partial charge in [-0.1, -0.05) is 63.1 Å². The van der Waals surface area contributed by atoms with Crippen LogP contribution in [0.25, 0.3) is 10.9 Å². The van der Waals surface area contributed by atoms with Gasteiger partial charge in [0.05, 0.1) is 0 Å². The number of nitrogens with zero attached hydrogens (tertiary/aromatic N) is 1. The Labute approximate surface area is 134 Å². The Morgan fingerprint density at radius 2 is 2.14 bits per heavy atom. The number of unbranched alkanes of at least 4 members (excludes halogenated alkanes) is 2. The highest BCUT2D eigenvalue weighted by molar-refractivity contribution is 5.87. The van der Waals surface area contributed by atoms with Gasteiger partial charge in [0.2, 0.25) is 0 Å². The van der Waals surface area contributed by atoms with E-state index < -0.39 is 0 Å². The lowest BCUT2D eigenvalue weighted by atomic mass is 9.86. The summed E-state index contributed by atoms with van der Waals surface area (Å²) >= 11 is 0. The van der Waals surface area contributed by atoms with Gasteiger partial charge in [-0.25, -0.2) is 0 Å². The number of rotatable bonds is 6. The highest BCUT2D eigenvalue weighted by Gasteiger charge is 2.37. The monoisotopic (exact) mass is 293 g/mol. The number of para-hydroxylation sites is 1. The zero-order valence-electron chi connectivity index (χ0n) is 13.9. The van der Waals surface area contributed by atoms with Crippen LogP contribution in [0.5, 0.6) is 0 Å². The third-order valence-electron chi connectivity index (χ3n) is 5.03. The van der Waals surface area contributed by atoms with Gasteiger partial charge in [0.15, 0.2) is 0 Å². The fraction of sp³-hybridized carbons (Fsp3) is 0.429. The summed E-state index contributed by atoms with van der Waals surface area (Å²) in [5, 5.41) is 1.44. The summed E-state index contributed by atoms with van der Waals surface area (Å²) in [5.74, 6) is 0. The molecule has 22 heavy (non-hydrogen) atoms. The Kier molecular flexibility index (Phi) is 4.24. The van der Waals surface area contributed by atoms with Crippen LogP contribution in [0, 0.1) is 0 Å². The molecule has 1 atom stereocenters. The van der Waals surface area contributed by atoms with Crippen molar-refractivity contribution in [3.05, 3.63) is 60.3 Å². The number of fused-ring (bicyclic) bond motifs is 3. The molecule has 1 unspecified atom stereocenters. The highest BCUT2D eigenvalue weighted by Crippen LogP contribution is 2.45. The minimum Gasteiger partial charge on any atom is -0.340 e. The number of aryl methyl sites for hydroxylation is 1. The van der Waals surface area contributed by atoms with Crippen molar-refractivity contribution in [2.45, 2.75) is 57.9 Å². The maximum absolute atomic E-state index is 3.96. The summed E-state index contributed by atoms with van der Waals surface area (Å²) < 4.78 is 2.48. The third kappa shape index (κ3) is 2.43. The molecule has 1 aromatic heterocycles. The van der Waals surface area contributed by atoms with Gasteiger partial charge in [0.1, 0.15) is 0 Å². The number of hydrogen-bond donors (Lipinski definition) is 0. The minimum absolute atomic E-state index is 0.172. The Balaban J connectivity index is 2.08. The van der Waals surface area contributed by atoms with Crippen molar-refractivity contribution in [3.8, 4) is 0 Å². The van der Waals surface area contributed by atoms with Crippen molar-refractivity contribution in [3.63, 3.8) is 0 Å². The number of allylic oxidation sites excluding steroid dienone is 3. The van der Waals surface area contributed by atoms with E-state index >= 15 is 0 Å². The van der Waals surface area contributed by atoms with Crippen molar-refractivity contribution >= 4 is 10.9 Å². The topological polar surface area (TPSA) is 4.93 Å². The van der Waals surface area contributed by atoms with Crippen LogP contribution >= 0.6 is 0 Å². The van der Waals surface area contributed by atoms with E-state index in [9.17, 15) is 0 Å². The maximum atomic E-state index is 3.96. The van der Waals surface area contributed by atoms with Gasteiger partial charge in [-0.3, -0.25) is 0 Å². The van der Waals surface area contributed by atoms with E-state index in [0.29, 0.717) is 0 Å². The summed E-state index contributed by atoms with van der Waals surface area (Å²) in [6.07, 6.45) is 13.0. The first-order valence-electron chi connectivity index (χ1n) is 8.60. The van der Waals surface area contributed by atoms with E-state index in [2.05, 4.69) is 61.4 Å². The van der Waals surface area contributed by atoms with Crippen molar-refractivity contribution < 1.29 is 0 Å². The van der Waals surface area contributed by atoms with E-state index in [1.54, 1.807) is 5.56 Å². The van der Waals surface area contributed by atoms with Crippen LogP contribution in [0.4, 0.5) is 0 Å². The van der Waals surface area contributed by atoms with Crippen LogP contribution in [-0.2, 0) is 18.4 Å². The molecule has 1 heteroatoms. The van der Waals surface area contributed by atoms with Gasteiger partial charge in [-0.15, -0.1) is 6.58 Å². The molecule has 0 bridgehead atoms. The Bertz CT molecular complexity index is 704. The van der Waals surface area contributed by atoms with E-state index in [4.69, 9.17) is 0 Å². The normalized spacial score (nSPS) is 20.8. The minimum atomic E-state index is 0.172. The molecule has 0 amide bonds. The first-order valence-corrected chi connectivity index (χ1v) is 8.60. The van der Waals surface area contributed by atoms with Crippen LogP contribution in [0.3, 0.4) is 0 Å². The summed E-state index contributed by atoms with van der Waals surface area (Å²) in [7, 11) is 0. The third-order valence-corrected chi connectivity index (χ3v) is 5.03. The molecule has 0 fully saturated rings. The molecule has 0 N–H and O–H groups in total. The molecule has 1 heterocycles. The molecule has 1 aromatic carbocycles. The molecule has 0 saturated heterocycles. The number of benzene rings is 1. The molecule has 1 nitrogen and oxygen atoms in total. The van der Waals surface area contributed by atoms with Gasteiger partial charge in [0, 0.05) is 28.6 Å². The van der Waals surface area contributed by atoms with Crippen LogP contribution in [-0.4, -0.2) is 4.57 Å². The Morgan fingerprint density at radius 1 is 1.32 bits per heavy atom. The lowest BCUT2D eigenvalue weighted by Crippen LogP contribution is -2.19. The van der Waals surface area contributed by atoms with Crippen molar-refractivity contribution in [2.75, 3.05) is 0 Å². The van der Waals surface area contributed by atoms with Gasteiger partial charge in [-0.2, -0.15) is 0 Å². The first-order chi connectivity index (χ1) is 10.7. The van der Waals surface area contributed by atoms with E-state index in [1.165, 1.54) is 48.7 Å². The van der Waals surface area contributed by atoms with Crippen LogP contribution in [0.1, 0.15) is 50.8 Å². The second-order valence-corrected chi connectivity index (χ2v) is 6.71. The van der Waals surface area contributed by atoms with Crippen molar-refractivity contribution in [2.24, 2.45) is 0 Å². The van der Waals surface area contributed by atoms with Crippen LogP contribution < -0.4 is 0 Å². The van der Waals surface area contributed by atoms with Crippen LogP contribution in [0.15, 0.2) is 49.1 Å². The van der Waals surface area contributed by atoms with Crippen LogP contribution in [0.2, 0.25) is 0 Å². The summed E-state index contributed by atoms with van der Waals surface area (Å²) in [6, 6.07) is 8.83. The fourth-order valence-electron chi connectivity index (χ4n) is 3.93. The fourth-order valence-corrected chi connectivity index (χ4v) is 3.93. The number of aromatic nitrogens is 1. The largest absolute Gasteiger partial charge is 0.340 e. The highest BCUT2D eigenvalue weighted by atomic mass is 15.0. The molecular formula is C21H27N.